The highest BCUT2D eigenvalue weighted by atomic mass is 35.5. The lowest BCUT2D eigenvalue weighted by Crippen LogP contribution is -2.53. The number of hydrogen-bond donors (Lipinski definition) is 0. The van der Waals surface area contributed by atoms with Crippen molar-refractivity contribution in [3.8, 4) is 0 Å². The molecule has 9 heteroatoms. The lowest BCUT2D eigenvalue weighted by molar-refractivity contribution is -0.146. The van der Waals surface area contributed by atoms with E-state index >= 15 is 0 Å². The predicted molar refractivity (Wildman–Crippen MR) is 107 cm³/mol. The predicted octanol–water partition coefficient (Wildman–Crippen LogP) is 1.39. The molecule has 28 heavy (non-hydrogen) atoms. The van der Waals surface area contributed by atoms with Gasteiger partial charge in [-0.1, -0.05) is 23.7 Å². The van der Waals surface area contributed by atoms with Gasteiger partial charge in [0.1, 0.15) is 6.54 Å². The molecule has 0 bridgehead atoms. The number of carbonyl (C=O) groups is 4. The van der Waals surface area contributed by atoms with E-state index < -0.39 is 0 Å². The molecule has 1 aromatic rings. The Hall–Kier alpha value is -2.06. The molecule has 3 rings (SSSR count). The summed E-state index contributed by atoms with van der Waals surface area (Å²) in [6, 6.07) is 7.55. The van der Waals surface area contributed by atoms with E-state index in [2.05, 4.69) is 0 Å². The van der Waals surface area contributed by atoms with E-state index in [4.69, 9.17) is 11.6 Å². The van der Waals surface area contributed by atoms with Crippen LogP contribution in [0.3, 0.4) is 0 Å². The van der Waals surface area contributed by atoms with E-state index in [0.29, 0.717) is 37.0 Å². The van der Waals surface area contributed by atoms with Crippen LogP contribution in [0.5, 0.6) is 0 Å². The molecule has 0 spiro atoms. The van der Waals surface area contributed by atoms with Gasteiger partial charge in [0.2, 0.25) is 23.6 Å². The Bertz CT molecular complexity index is 747. The monoisotopic (exact) mass is 423 g/mol. The van der Waals surface area contributed by atoms with Gasteiger partial charge in [-0.15, -0.1) is 11.8 Å². The van der Waals surface area contributed by atoms with Crippen LogP contribution in [0.25, 0.3) is 0 Å². The number of halogens is 1. The molecule has 2 aliphatic heterocycles. The van der Waals surface area contributed by atoms with Crippen molar-refractivity contribution in [3.05, 3.63) is 34.9 Å². The molecule has 0 atom stereocenters. The molecule has 2 heterocycles. The van der Waals surface area contributed by atoms with Crippen LogP contribution in [0.15, 0.2) is 24.3 Å². The fraction of sp³-hybridized carbons (Fsp3) is 0.474. The minimum absolute atomic E-state index is 0.0518. The maximum Gasteiger partial charge on any atom is 0.242 e. The van der Waals surface area contributed by atoms with Crippen molar-refractivity contribution in [3.63, 3.8) is 0 Å². The van der Waals surface area contributed by atoms with Crippen LogP contribution in [0.1, 0.15) is 18.4 Å². The zero-order valence-corrected chi connectivity index (χ0v) is 17.0. The first-order valence-corrected chi connectivity index (χ1v) is 10.7. The summed E-state index contributed by atoms with van der Waals surface area (Å²) in [7, 11) is 0. The third-order valence-corrected chi connectivity index (χ3v) is 6.08. The van der Waals surface area contributed by atoms with Gasteiger partial charge in [0.15, 0.2) is 0 Å². The van der Waals surface area contributed by atoms with Crippen molar-refractivity contribution >= 4 is 47.0 Å². The highest BCUT2D eigenvalue weighted by Gasteiger charge is 2.32. The molecular weight excluding hydrogens is 402 g/mol. The van der Waals surface area contributed by atoms with Gasteiger partial charge in [-0.2, -0.15) is 0 Å². The molecule has 7 nitrogen and oxygen atoms in total. The average molecular weight is 424 g/mol. The smallest absolute Gasteiger partial charge is 0.242 e. The molecule has 2 saturated heterocycles. The maximum absolute atomic E-state index is 12.4. The van der Waals surface area contributed by atoms with E-state index in [1.54, 1.807) is 21.6 Å². The van der Waals surface area contributed by atoms with E-state index in [1.807, 2.05) is 24.3 Å². The van der Waals surface area contributed by atoms with Crippen LogP contribution in [0, 0.1) is 0 Å². The van der Waals surface area contributed by atoms with Crippen molar-refractivity contribution in [1.82, 2.24) is 14.7 Å². The molecule has 0 unspecified atom stereocenters. The van der Waals surface area contributed by atoms with E-state index in [-0.39, 0.29) is 43.0 Å². The number of amides is 4. The number of benzene rings is 1. The Morgan fingerprint density at radius 1 is 0.893 bits per heavy atom. The van der Waals surface area contributed by atoms with E-state index in [9.17, 15) is 19.2 Å². The SMILES string of the molecule is O=C(CSCc1ccc(Cl)cc1)N1CCN(C(=O)CN2C(=O)CCC2=O)CC1. The number of rotatable bonds is 6. The molecule has 0 N–H and O–H groups in total. The third-order valence-electron chi connectivity index (χ3n) is 4.84. The summed E-state index contributed by atoms with van der Waals surface area (Å²) in [5.41, 5.74) is 1.11. The van der Waals surface area contributed by atoms with Crippen molar-refractivity contribution < 1.29 is 19.2 Å². The summed E-state index contributed by atoms with van der Waals surface area (Å²) in [5, 5.41) is 0.690. The van der Waals surface area contributed by atoms with Crippen LogP contribution in [-0.4, -0.2) is 76.8 Å². The summed E-state index contributed by atoms with van der Waals surface area (Å²) in [6.45, 7) is 1.58. The zero-order valence-electron chi connectivity index (χ0n) is 15.4. The Morgan fingerprint density at radius 2 is 1.43 bits per heavy atom. The average Bonchev–Trinajstić information content (AvgIpc) is 3.01. The van der Waals surface area contributed by atoms with Crippen molar-refractivity contribution in [1.29, 1.82) is 0 Å². The molecule has 0 aliphatic carbocycles. The van der Waals surface area contributed by atoms with Crippen molar-refractivity contribution in [2.24, 2.45) is 0 Å². The van der Waals surface area contributed by atoms with Crippen molar-refractivity contribution in [2.75, 3.05) is 38.5 Å². The van der Waals surface area contributed by atoms with Gasteiger partial charge in [0.05, 0.1) is 5.75 Å². The van der Waals surface area contributed by atoms with Gasteiger partial charge in [0, 0.05) is 49.8 Å². The second-order valence-corrected chi connectivity index (χ2v) is 8.18. The molecular formula is C19H22ClN3O4S. The molecule has 1 aromatic carbocycles. The topological polar surface area (TPSA) is 78.0 Å². The largest absolute Gasteiger partial charge is 0.338 e. The highest BCUT2D eigenvalue weighted by Crippen LogP contribution is 2.17. The number of thioether (sulfide) groups is 1. The van der Waals surface area contributed by atoms with Gasteiger partial charge in [-0.05, 0) is 17.7 Å². The lowest BCUT2D eigenvalue weighted by atomic mass is 10.2. The Labute approximate surface area is 173 Å². The minimum atomic E-state index is -0.287. The minimum Gasteiger partial charge on any atom is -0.338 e. The first kappa shape index (κ1) is 20.7. The first-order valence-electron chi connectivity index (χ1n) is 9.15. The first-order chi connectivity index (χ1) is 13.4. The van der Waals surface area contributed by atoms with E-state index in [0.717, 1.165) is 16.2 Å². The summed E-state index contributed by atoms with van der Waals surface area (Å²) in [6.07, 6.45) is 0.365. The second kappa shape index (κ2) is 9.43. The fourth-order valence-corrected chi connectivity index (χ4v) is 4.18. The lowest BCUT2D eigenvalue weighted by Gasteiger charge is -2.35. The molecule has 2 fully saturated rings. The van der Waals surface area contributed by atoms with Gasteiger partial charge >= 0.3 is 0 Å². The second-order valence-electron chi connectivity index (χ2n) is 6.75. The van der Waals surface area contributed by atoms with Gasteiger partial charge in [-0.3, -0.25) is 24.1 Å². The van der Waals surface area contributed by atoms with Crippen LogP contribution in [0.4, 0.5) is 0 Å². The van der Waals surface area contributed by atoms with Gasteiger partial charge < -0.3 is 9.80 Å². The van der Waals surface area contributed by atoms with Crippen LogP contribution in [-0.2, 0) is 24.9 Å². The quantitative estimate of drug-likeness (QED) is 0.646. The number of likely N-dealkylation sites (tertiary alicyclic amines) is 1. The number of imide groups is 1. The number of carbonyl (C=O) groups excluding carboxylic acids is 4. The van der Waals surface area contributed by atoms with Crippen LogP contribution >= 0.6 is 23.4 Å². The standard InChI is InChI=1S/C19H22ClN3O4S/c20-15-3-1-14(2-4-15)12-28-13-19(27)22-9-7-21(8-10-22)18(26)11-23-16(24)5-6-17(23)25/h1-4H,5-13H2. The normalized spacial score (nSPS) is 17.4. The Balaban J connectivity index is 1.38. The van der Waals surface area contributed by atoms with Crippen molar-refractivity contribution in [2.45, 2.75) is 18.6 Å². The molecule has 4 amide bonds. The summed E-state index contributed by atoms with van der Waals surface area (Å²) >= 11 is 7.41. The number of hydrogen-bond acceptors (Lipinski definition) is 5. The number of nitrogens with zero attached hydrogens (tertiary/aromatic N) is 3. The Morgan fingerprint density at radius 3 is 2.00 bits per heavy atom. The summed E-state index contributed by atoms with van der Waals surface area (Å²) in [5.74, 6) is 0.352. The molecule has 150 valence electrons. The van der Waals surface area contributed by atoms with E-state index in [1.165, 1.54) is 0 Å². The summed E-state index contributed by atoms with van der Waals surface area (Å²) in [4.78, 5) is 52.4. The highest BCUT2D eigenvalue weighted by molar-refractivity contribution is 7.99. The van der Waals surface area contributed by atoms with Gasteiger partial charge in [0.25, 0.3) is 0 Å². The zero-order chi connectivity index (χ0) is 20.1. The molecule has 0 radical (unpaired) electrons. The third kappa shape index (κ3) is 5.26. The summed E-state index contributed by atoms with van der Waals surface area (Å²) < 4.78 is 0. The van der Waals surface area contributed by atoms with Crippen LogP contribution in [0.2, 0.25) is 5.02 Å². The molecule has 0 saturated carbocycles. The van der Waals surface area contributed by atoms with Gasteiger partial charge in [-0.25, -0.2) is 0 Å². The van der Waals surface area contributed by atoms with Crippen LogP contribution < -0.4 is 0 Å². The molecule has 2 aliphatic rings. The Kier molecular flexibility index (Phi) is 6.96. The maximum atomic E-state index is 12.4. The molecule has 0 aromatic heterocycles. The fourth-order valence-electron chi connectivity index (χ4n) is 3.17. The number of piperazine rings is 1.